The molecule has 0 fully saturated rings. The molecule has 4 heterocycles. The van der Waals surface area contributed by atoms with Crippen LogP contribution in [0.15, 0.2) is 205 Å². The predicted octanol–water partition coefficient (Wildman–Crippen LogP) is 14.1. The number of nitrogens with zero attached hydrogens (tertiary/aromatic N) is 5. The van der Waals surface area contributed by atoms with Crippen LogP contribution in [0.3, 0.4) is 0 Å². The highest BCUT2D eigenvalue weighted by molar-refractivity contribution is 6.24. The van der Waals surface area contributed by atoms with Crippen LogP contribution in [0.25, 0.3) is 122 Å². The molecule has 6 heteroatoms. The standard InChI is InChI=1S/C55H33N5O/c1-3-16-35(17-4-1)53-56-54(36-18-5-2-6-19-36)58-55(57-53)60-48-25-13-10-22-41(48)44-30-29-43-40-21-9-12-24-47(40)59(50(43)51(44)60)39-32-45(38-28-27-34-15-7-8-20-37(34)31-38)52-46(33-39)42-23-11-14-26-49(42)61-52/h1-33H. The number of fused-ring (bicyclic) bond motifs is 11. The van der Waals surface area contributed by atoms with Crippen molar-refractivity contribution in [1.82, 2.24) is 24.1 Å². The highest BCUT2D eigenvalue weighted by atomic mass is 16.3. The van der Waals surface area contributed by atoms with Crippen LogP contribution in [-0.2, 0) is 0 Å². The van der Waals surface area contributed by atoms with Gasteiger partial charge in [-0.1, -0.05) is 164 Å². The quantitative estimate of drug-likeness (QED) is 0.175. The van der Waals surface area contributed by atoms with E-state index in [-0.39, 0.29) is 0 Å². The Hall–Kier alpha value is -8.35. The Labute approximate surface area is 349 Å². The smallest absolute Gasteiger partial charge is 0.238 e. The van der Waals surface area contributed by atoms with E-state index in [1.807, 2.05) is 42.5 Å². The van der Waals surface area contributed by atoms with Gasteiger partial charge >= 0.3 is 0 Å². The fraction of sp³-hybridized carbons (Fsp3) is 0. The summed E-state index contributed by atoms with van der Waals surface area (Å²) in [7, 11) is 0. The van der Waals surface area contributed by atoms with Gasteiger partial charge in [0.25, 0.3) is 0 Å². The Morgan fingerprint density at radius 1 is 0.361 bits per heavy atom. The number of benzene rings is 9. The van der Waals surface area contributed by atoms with E-state index in [1.54, 1.807) is 0 Å². The molecule has 13 rings (SSSR count). The average Bonchev–Trinajstić information content (AvgIpc) is 3.99. The van der Waals surface area contributed by atoms with Gasteiger partial charge in [-0.25, -0.2) is 4.98 Å². The van der Waals surface area contributed by atoms with Gasteiger partial charge in [0.15, 0.2) is 11.6 Å². The summed E-state index contributed by atoms with van der Waals surface area (Å²) in [6, 6.07) is 70.3. The first-order chi connectivity index (χ1) is 30.2. The predicted molar refractivity (Wildman–Crippen MR) is 250 cm³/mol. The molecule has 6 nitrogen and oxygen atoms in total. The van der Waals surface area contributed by atoms with Crippen LogP contribution >= 0.6 is 0 Å². The summed E-state index contributed by atoms with van der Waals surface area (Å²) >= 11 is 0. The Balaban J connectivity index is 1.18. The van der Waals surface area contributed by atoms with Gasteiger partial charge < -0.3 is 8.98 Å². The molecule has 0 amide bonds. The highest BCUT2D eigenvalue weighted by Gasteiger charge is 2.25. The van der Waals surface area contributed by atoms with Crippen LogP contribution < -0.4 is 0 Å². The highest BCUT2D eigenvalue weighted by Crippen LogP contribution is 2.44. The van der Waals surface area contributed by atoms with Crippen molar-refractivity contribution < 1.29 is 4.42 Å². The number of hydrogen-bond acceptors (Lipinski definition) is 4. The minimum Gasteiger partial charge on any atom is -0.455 e. The Morgan fingerprint density at radius 3 is 1.61 bits per heavy atom. The van der Waals surface area contributed by atoms with Crippen LogP contribution in [0.5, 0.6) is 0 Å². The number of furan rings is 1. The zero-order valence-corrected chi connectivity index (χ0v) is 32.7. The fourth-order valence-corrected chi connectivity index (χ4v) is 9.39. The van der Waals surface area contributed by atoms with E-state index in [2.05, 4.69) is 167 Å². The zero-order chi connectivity index (χ0) is 40.0. The van der Waals surface area contributed by atoms with Gasteiger partial charge in [0, 0.05) is 54.7 Å². The van der Waals surface area contributed by atoms with Crippen LogP contribution in [0.1, 0.15) is 0 Å². The molecule has 0 aliphatic rings. The molecule has 284 valence electrons. The number of para-hydroxylation sites is 3. The third-order valence-corrected chi connectivity index (χ3v) is 12.1. The fourth-order valence-electron chi connectivity index (χ4n) is 9.39. The van der Waals surface area contributed by atoms with E-state index in [1.165, 1.54) is 10.8 Å². The molecular formula is C55H33N5O. The summed E-state index contributed by atoms with van der Waals surface area (Å²) in [5.41, 5.74) is 10.9. The van der Waals surface area contributed by atoms with Gasteiger partial charge in [-0.15, -0.1) is 0 Å². The van der Waals surface area contributed by atoms with Crippen LogP contribution in [0.4, 0.5) is 0 Å². The maximum Gasteiger partial charge on any atom is 0.238 e. The van der Waals surface area contributed by atoms with Crippen molar-refractivity contribution in [3.05, 3.63) is 200 Å². The lowest BCUT2D eigenvalue weighted by atomic mass is 9.98. The minimum atomic E-state index is 0.552. The van der Waals surface area contributed by atoms with Crippen molar-refractivity contribution in [2.45, 2.75) is 0 Å². The molecular weight excluding hydrogens is 747 g/mol. The average molecular weight is 780 g/mol. The Kier molecular flexibility index (Phi) is 7.21. The monoisotopic (exact) mass is 779 g/mol. The van der Waals surface area contributed by atoms with Crippen molar-refractivity contribution >= 4 is 76.3 Å². The molecule has 0 aliphatic carbocycles. The van der Waals surface area contributed by atoms with Gasteiger partial charge in [0.1, 0.15) is 11.2 Å². The number of aromatic nitrogens is 5. The molecule has 13 aromatic rings. The lowest BCUT2D eigenvalue weighted by Crippen LogP contribution is -2.07. The molecule has 0 aliphatic heterocycles. The summed E-state index contributed by atoms with van der Waals surface area (Å²) in [5, 5.41) is 9.04. The minimum absolute atomic E-state index is 0.552. The first-order valence-electron chi connectivity index (χ1n) is 20.5. The second-order valence-electron chi connectivity index (χ2n) is 15.6. The first kappa shape index (κ1) is 33.6. The maximum atomic E-state index is 6.74. The Bertz CT molecular complexity index is 3820. The summed E-state index contributed by atoms with van der Waals surface area (Å²) in [4.78, 5) is 15.7. The molecule has 0 saturated heterocycles. The summed E-state index contributed by atoms with van der Waals surface area (Å²) in [6.45, 7) is 0. The lowest BCUT2D eigenvalue weighted by Gasteiger charge is -2.14. The van der Waals surface area contributed by atoms with Gasteiger partial charge in [-0.3, -0.25) is 4.57 Å². The molecule has 9 aromatic carbocycles. The largest absolute Gasteiger partial charge is 0.455 e. The van der Waals surface area contributed by atoms with Gasteiger partial charge in [0.05, 0.1) is 22.1 Å². The second-order valence-corrected chi connectivity index (χ2v) is 15.6. The van der Waals surface area contributed by atoms with Crippen molar-refractivity contribution in [3.8, 4) is 45.5 Å². The van der Waals surface area contributed by atoms with E-state index >= 15 is 0 Å². The topological polar surface area (TPSA) is 61.7 Å². The summed E-state index contributed by atoms with van der Waals surface area (Å²) < 4.78 is 11.4. The third-order valence-electron chi connectivity index (χ3n) is 12.1. The third kappa shape index (κ3) is 5.12. The van der Waals surface area contributed by atoms with Crippen molar-refractivity contribution in [2.24, 2.45) is 0 Å². The number of rotatable bonds is 5. The summed E-state index contributed by atoms with van der Waals surface area (Å²) in [5.74, 6) is 1.78. The molecule has 0 atom stereocenters. The lowest BCUT2D eigenvalue weighted by molar-refractivity contribution is 0.670. The van der Waals surface area contributed by atoms with Crippen LogP contribution in [-0.4, -0.2) is 24.1 Å². The second kappa shape index (κ2) is 13.1. The maximum absolute atomic E-state index is 6.74. The summed E-state index contributed by atoms with van der Waals surface area (Å²) in [6.07, 6.45) is 0. The van der Waals surface area contributed by atoms with E-state index < -0.39 is 0 Å². The van der Waals surface area contributed by atoms with E-state index in [4.69, 9.17) is 19.4 Å². The Morgan fingerprint density at radius 2 is 0.918 bits per heavy atom. The van der Waals surface area contributed by atoms with E-state index in [0.29, 0.717) is 17.6 Å². The van der Waals surface area contributed by atoms with Crippen molar-refractivity contribution in [1.29, 1.82) is 0 Å². The molecule has 0 saturated carbocycles. The zero-order valence-electron chi connectivity index (χ0n) is 32.7. The van der Waals surface area contributed by atoms with E-state index in [9.17, 15) is 0 Å². The van der Waals surface area contributed by atoms with Gasteiger partial charge in [-0.2, -0.15) is 9.97 Å². The number of hydrogen-bond donors (Lipinski definition) is 0. The molecule has 0 radical (unpaired) electrons. The van der Waals surface area contributed by atoms with Crippen LogP contribution in [0.2, 0.25) is 0 Å². The van der Waals surface area contributed by atoms with Gasteiger partial charge in [0.2, 0.25) is 5.95 Å². The van der Waals surface area contributed by atoms with Crippen LogP contribution in [0, 0.1) is 0 Å². The van der Waals surface area contributed by atoms with Crippen molar-refractivity contribution in [2.75, 3.05) is 0 Å². The normalized spacial score (nSPS) is 11.9. The van der Waals surface area contributed by atoms with Crippen molar-refractivity contribution in [3.63, 3.8) is 0 Å². The molecule has 0 N–H and O–H groups in total. The first-order valence-corrected chi connectivity index (χ1v) is 20.5. The molecule has 61 heavy (non-hydrogen) atoms. The molecule has 0 bridgehead atoms. The molecule has 0 spiro atoms. The van der Waals surface area contributed by atoms with Gasteiger partial charge in [-0.05, 0) is 52.7 Å². The molecule has 4 aromatic heterocycles. The van der Waals surface area contributed by atoms with E-state index in [0.717, 1.165) is 93.5 Å². The SMILES string of the molecule is c1ccc(-c2nc(-c3ccccc3)nc(-n3c4ccccc4c4ccc5c6ccccc6n(-c6cc(-c7ccc8ccccc8c7)c7oc8ccccc8c7c6)c5c43)n2)cc1. The molecule has 0 unspecified atom stereocenters.